The van der Waals surface area contributed by atoms with Crippen molar-refractivity contribution in [1.29, 1.82) is 0 Å². The minimum absolute atomic E-state index is 0.619. The summed E-state index contributed by atoms with van der Waals surface area (Å²) in [5.74, 6) is 0.681. The Bertz CT molecular complexity index is 511. The van der Waals surface area contributed by atoms with Crippen LogP contribution in [0.3, 0.4) is 0 Å². The lowest BCUT2D eigenvalue weighted by Gasteiger charge is -2.12. The number of nitrogens with two attached hydrogens (primary N) is 1. The van der Waals surface area contributed by atoms with Crippen molar-refractivity contribution >= 4 is 39.7 Å². The molecule has 0 aromatic heterocycles. The fourth-order valence-electron chi connectivity index (χ4n) is 1.52. The summed E-state index contributed by atoms with van der Waals surface area (Å²) in [6.07, 6.45) is 0. The maximum atomic E-state index is 5.98. The molecule has 0 fully saturated rings. The van der Waals surface area contributed by atoms with Gasteiger partial charge in [-0.1, -0.05) is 6.07 Å². The molecule has 0 saturated carbocycles. The normalized spacial score (nSPS) is 10.0. The van der Waals surface area contributed by atoms with Crippen molar-refractivity contribution in [3.05, 3.63) is 46.0 Å². The Morgan fingerprint density at radius 2 is 1.82 bits per heavy atom. The van der Waals surface area contributed by atoms with Crippen LogP contribution in [0, 0.1) is 3.57 Å². The number of benzene rings is 2. The maximum absolute atomic E-state index is 5.98. The monoisotopic (exact) mass is 340 g/mol. The molecule has 0 aliphatic rings. The third kappa shape index (κ3) is 2.82. The largest absolute Gasteiger partial charge is 0.495 e. The molecule has 0 spiro atoms. The van der Waals surface area contributed by atoms with Gasteiger partial charge >= 0.3 is 0 Å². The first kappa shape index (κ1) is 12.0. The molecule has 0 aliphatic heterocycles. The first-order valence-electron chi connectivity index (χ1n) is 5.16. The van der Waals surface area contributed by atoms with Crippen LogP contribution < -0.4 is 15.8 Å². The molecule has 0 unspecified atom stereocenters. The number of para-hydroxylation sites is 1. The number of hydrogen-bond acceptors (Lipinski definition) is 3. The Morgan fingerprint density at radius 3 is 2.47 bits per heavy atom. The van der Waals surface area contributed by atoms with E-state index in [1.165, 1.54) is 3.57 Å². The van der Waals surface area contributed by atoms with E-state index in [-0.39, 0.29) is 0 Å². The van der Waals surface area contributed by atoms with Gasteiger partial charge in [0.05, 0.1) is 18.5 Å². The number of anilines is 3. The Balaban J connectivity index is 2.27. The second-order valence-corrected chi connectivity index (χ2v) is 4.80. The second kappa shape index (κ2) is 5.27. The number of ether oxygens (including phenoxy) is 1. The van der Waals surface area contributed by atoms with Crippen LogP contribution in [-0.2, 0) is 0 Å². The summed E-state index contributed by atoms with van der Waals surface area (Å²) in [4.78, 5) is 0. The molecule has 0 radical (unpaired) electrons. The highest BCUT2D eigenvalue weighted by atomic mass is 127. The number of methoxy groups -OCH3 is 1. The summed E-state index contributed by atoms with van der Waals surface area (Å²) in [6.45, 7) is 0. The predicted molar refractivity (Wildman–Crippen MR) is 79.8 cm³/mol. The van der Waals surface area contributed by atoms with Gasteiger partial charge in [0, 0.05) is 9.26 Å². The van der Waals surface area contributed by atoms with Crippen molar-refractivity contribution in [2.24, 2.45) is 0 Å². The lowest BCUT2D eigenvalue weighted by molar-refractivity contribution is 0.417. The van der Waals surface area contributed by atoms with E-state index in [4.69, 9.17) is 10.5 Å². The molecular formula is C13H13IN2O. The van der Waals surface area contributed by atoms with Gasteiger partial charge in [-0.05, 0) is 59.0 Å². The van der Waals surface area contributed by atoms with Gasteiger partial charge in [0.15, 0.2) is 0 Å². The second-order valence-electron chi connectivity index (χ2n) is 3.55. The van der Waals surface area contributed by atoms with E-state index in [0.717, 1.165) is 11.4 Å². The van der Waals surface area contributed by atoms with Gasteiger partial charge in [-0.2, -0.15) is 0 Å². The Labute approximate surface area is 114 Å². The molecule has 0 atom stereocenters. The van der Waals surface area contributed by atoms with Crippen molar-refractivity contribution in [2.45, 2.75) is 0 Å². The number of nitrogens with one attached hydrogen (secondary N) is 1. The zero-order chi connectivity index (χ0) is 12.3. The zero-order valence-corrected chi connectivity index (χ0v) is 11.6. The van der Waals surface area contributed by atoms with Gasteiger partial charge in [0.1, 0.15) is 5.75 Å². The summed E-state index contributed by atoms with van der Waals surface area (Å²) in [7, 11) is 1.61. The van der Waals surface area contributed by atoms with Crippen LogP contribution in [0.1, 0.15) is 0 Å². The molecule has 3 nitrogen and oxygen atoms in total. The van der Waals surface area contributed by atoms with Gasteiger partial charge < -0.3 is 15.8 Å². The van der Waals surface area contributed by atoms with Crippen molar-refractivity contribution in [3.63, 3.8) is 0 Å². The molecule has 2 aromatic rings. The molecule has 0 aliphatic carbocycles. The van der Waals surface area contributed by atoms with Gasteiger partial charge in [-0.15, -0.1) is 0 Å². The van der Waals surface area contributed by atoms with Crippen LogP contribution in [0.25, 0.3) is 0 Å². The summed E-state index contributed by atoms with van der Waals surface area (Å²) >= 11 is 2.27. The predicted octanol–water partition coefficient (Wildman–Crippen LogP) is 3.63. The third-order valence-corrected chi connectivity index (χ3v) is 3.13. The molecule has 17 heavy (non-hydrogen) atoms. The van der Waals surface area contributed by atoms with Crippen LogP contribution in [-0.4, -0.2) is 7.11 Å². The minimum atomic E-state index is 0.619. The molecule has 2 aromatic carbocycles. The van der Waals surface area contributed by atoms with Crippen LogP contribution >= 0.6 is 22.6 Å². The smallest absolute Gasteiger partial charge is 0.143 e. The first-order valence-corrected chi connectivity index (χ1v) is 6.23. The average molecular weight is 340 g/mol. The van der Waals surface area contributed by atoms with Crippen molar-refractivity contribution < 1.29 is 4.74 Å². The Hall–Kier alpha value is -1.43. The molecule has 0 bridgehead atoms. The van der Waals surface area contributed by atoms with Crippen molar-refractivity contribution in [1.82, 2.24) is 0 Å². The molecule has 2 rings (SSSR count). The Morgan fingerprint density at radius 1 is 1.12 bits per heavy atom. The number of hydrogen-bond donors (Lipinski definition) is 2. The van der Waals surface area contributed by atoms with Crippen LogP contribution in [0.5, 0.6) is 5.75 Å². The third-order valence-electron chi connectivity index (χ3n) is 2.41. The zero-order valence-electron chi connectivity index (χ0n) is 9.41. The van der Waals surface area contributed by atoms with E-state index >= 15 is 0 Å². The van der Waals surface area contributed by atoms with E-state index in [9.17, 15) is 0 Å². The number of nitrogen functional groups attached to an aromatic ring is 1. The topological polar surface area (TPSA) is 47.3 Å². The first-order chi connectivity index (χ1) is 8.20. The van der Waals surface area contributed by atoms with Crippen LogP contribution in [0.4, 0.5) is 17.1 Å². The molecule has 0 heterocycles. The lowest BCUT2D eigenvalue weighted by atomic mass is 10.2. The standard InChI is InChI=1S/C13H13IN2O/c1-17-12-4-2-3-11(13(12)15)16-10-7-5-9(14)6-8-10/h2-8,16H,15H2,1H3. The van der Waals surface area contributed by atoms with E-state index in [2.05, 4.69) is 27.9 Å². The summed E-state index contributed by atoms with van der Waals surface area (Å²) in [5.41, 5.74) is 8.46. The van der Waals surface area contributed by atoms with E-state index in [1.54, 1.807) is 7.11 Å². The molecule has 88 valence electrons. The van der Waals surface area contributed by atoms with Crippen LogP contribution in [0.2, 0.25) is 0 Å². The maximum Gasteiger partial charge on any atom is 0.143 e. The summed E-state index contributed by atoms with van der Waals surface area (Å²) in [6, 6.07) is 13.8. The molecule has 4 heteroatoms. The van der Waals surface area contributed by atoms with Crippen molar-refractivity contribution in [3.8, 4) is 5.75 Å². The van der Waals surface area contributed by atoms with E-state index < -0.39 is 0 Å². The molecule has 0 amide bonds. The summed E-state index contributed by atoms with van der Waals surface area (Å²) in [5, 5.41) is 3.27. The van der Waals surface area contributed by atoms with E-state index in [1.807, 2.05) is 42.5 Å². The average Bonchev–Trinajstić information content (AvgIpc) is 2.35. The molecule has 0 saturated heterocycles. The Kier molecular flexibility index (Phi) is 3.73. The highest BCUT2D eigenvalue weighted by Gasteiger charge is 2.04. The number of rotatable bonds is 3. The summed E-state index contributed by atoms with van der Waals surface area (Å²) < 4.78 is 6.38. The highest BCUT2D eigenvalue weighted by Crippen LogP contribution is 2.31. The SMILES string of the molecule is COc1cccc(Nc2ccc(I)cc2)c1N. The van der Waals surface area contributed by atoms with Gasteiger partial charge in [-0.25, -0.2) is 0 Å². The number of halogens is 1. The fraction of sp³-hybridized carbons (Fsp3) is 0.0769. The molecule has 3 N–H and O–H groups in total. The van der Waals surface area contributed by atoms with Gasteiger partial charge in [0.2, 0.25) is 0 Å². The van der Waals surface area contributed by atoms with Gasteiger partial charge in [0.25, 0.3) is 0 Å². The lowest BCUT2D eigenvalue weighted by Crippen LogP contribution is -1.98. The van der Waals surface area contributed by atoms with Gasteiger partial charge in [-0.3, -0.25) is 0 Å². The van der Waals surface area contributed by atoms with E-state index in [0.29, 0.717) is 11.4 Å². The van der Waals surface area contributed by atoms with Crippen LogP contribution in [0.15, 0.2) is 42.5 Å². The van der Waals surface area contributed by atoms with Crippen molar-refractivity contribution in [2.75, 3.05) is 18.2 Å². The highest BCUT2D eigenvalue weighted by molar-refractivity contribution is 14.1. The quantitative estimate of drug-likeness (QED) is 0.663. The minimum Gasteiger partial charge on any atom is -0.495 e. The molecular weight excluding hydrogens is 327 g/mol. The fourth-order valence-corrected chi connectivity index (χ4v) is 1.88.